The van der Waals surface area contributed by atoms with Crippen molar-refractivity contribution in [2.24, 2.45) is 16.6 Å². The number of morpholine rings is 1. The normalized spacial score (nSPS) is 21.1. The number of ether oxygens (including phenoxy) is 1. The fourth-order valence-electron chi connectivity index (χ4n) is 3.50. The number of hydrogen-bond acceptors (Lipinski definition) is 4. The van der Waals surface area contributed by atoms with E-state index in [1.807, 2.05) is 0 Å². The summed E-state index contributed by atoms with van der Waals surface area (Å²) in [5.41, 5.74) is 7.31. The Labute approximate surface area is 188 Å². The number of rotatable bonds is 7. The van der Waals surface area contributed by atoms with Crippen LogP contribution in [-0.2, 0) is 4.74 Å². The first-order chi connectivity index (χ1) is 12.7. The van der Waals surface area contributed by atoms with Crippen LogP contribution in [0.15, 0.2) is 33.7 Å². The van der Waals surface area contributed by atoms with Gasteiger partial charge in [0.15, 0.2) is 5.96 Å². The van der Waals surface area contributed by atoms with Crippen LogP contribution in [0, 0.1) is 5.92 Å². The molecule has 0 amide bonds. The number of hydrogen-bond donors (Lipinski definition) is 2. The van der Waals surface area contributed by atoms with Gasteiger partial charge in [-0.3, -0.25) is 9.89 Å². The standard InChI is InChI=1S/C19H30BrN5O.HI/c20-17-2-4-18(5-3-17)25-9-6-16(15-25)14-23-19(21)22-7-1-8-24-10-12-26-13-11-24;/h2-5,16H,1,6-15H2,(H3,21,22,23);1H. The Morgan fingerprint density at radius 3 is 2.70 bits per heavy atom. The van der Waals surface area contributed by atoms with E-state index in [9.17, 15) is 0 Å². The van der Waals surface area contributed by atoms with Crippen LogP contribution in [0.1, 0.15) is 12.8 Å². The number of nitrogens with one attached hydrogen (secondary N) is 1. The van der Waals surface area contributed by atoms with E-state index in [1.54, 1.807) is 0 Å². The summed E-state index contributed by atoms with van der Waals surface area (Å²) in [5.74, 6) is 1.15. The van der Waals surface area contributed by atoms with Gasteiger partial charge in [-0.1, -0.05) is 15.9 Å². The van der Waals surface area contributed by atoms with Crippen LogP contribution in [0.3, 0.4) is 0 Å². The molecule has 1 aromatic rings. The molecule has 27 heavy (non-hydrogen) atoms. The van der Waals surface area contributed by atoms with Crippen LogP contribution in [0.4, 0.5) is 5.69 Å². The molecule has 2 aliphatic heterocycles. The summed E-state index contributed by atoms with van der Waals surface area (Å²) in [5, 5.41) is 3.25. The first-order valence-electron chi connectivity index (χ1n) is 9.55. The Balaban J connectivity index is 0.00000261. The molecule has 6 nitrogen and oxygen atoms in total. The summed E-state index contributed by atoms with van der Waals surface area (Å²) in [6, 6.07) is 8.53. The number of aliphatic imine (C=N–C) groups is 1. The second kappa shape index (κ2) is 12.1. The predicted octanol–water partition coefficient (Wildman–Crippen LogP) is 2.52. The lowest BCUT2D eigenvalue weighted by Gasteiger charge is -2.26. The fourth-order valence-corrected chi connectivity index (χ4v) is 3.76. The van der Waals surface area contributed by atoms with E-state index in [-0.39, 0.29) is 24.0 Å². The Morgan fingerprint density at radius 1 is 1.22 bits per heavy atom. The van der Waals surface area contributed by atoms with Crippen molar-refractivity contribution < 1.29 is 4.74 Å². The molecule has 0 spiro atoms. The van der Waals surface area contributed by atoms with E-state index in [0.717, 1.165) is 69.9 Å². The van der Waals surface area contributed by atoms with Crippen molar-refractivity contribution in [1.82, 2.24) is 10.2 Å². The topological polar surface area (TPSA) is 66.1 Å². The van der Waals surface area contributed by atoms with E-state index in [0.29, 0.717) is 11.9 Å². The fraction of sp³-hybridized carbons (Fsp3) is 0.632. The van der Waals surface area contributed by atoms with Crippen LogP contribution in [-0.4, -0.2) is 69.9 Å². The minimum Gasteiger partial charge on any atom is -0.379 e. The van der Waals surface area contributed by atoms with Crippen LogP contribution >= 0.6 is 39.9 Å². The van der Waals surface area contributed by atoms with Gasteiger partial charge >= 0.3 is 0 Å². The van der Waals surface area contributed by atoms with Gasteiger partial charge in [0.05, 0.1) is 13.2 Å². The van der Waals surface area contributed by atoms with Gasteiger partial charge in [-0.25, -0.2) is 0 Å². The smallest absolute Gasteiger partial charge is 0.188 e. The van der Waals surface area contributed by atoms with Crippen molar-refractivity contribution in [1.29, 1.82) is 0 Å². The zero-order chi connectivity index (χ0) is 18.2. The zero-order valence-electron chi connectivity index (χ0n) is 15.8. The van der Waals surface area contributed by atoms with Gasteiger partial charge in [0.1, 0.15) is 0 Å². The number of guanidine groups is 1. The highest BCUT2D eigenvalue weighted by atomic mass is 127. The number of halogens is 2. The molecule has 1 aromatic carbocycles. The first-order valence-corrected chi connectivity index (χ1v) is 10.3. The molecule has 2 fully saturated rings. The van der Waals surface area contributed by atoms with Gasteiger partial charge in [-0.2, -0.15) is 0 Å². The van der Waals surface area contributed by atoms with Gasteiger partial charge in [0, 0.05) is 49.4 Å². The lowest BCUT2D eigenvalue weighted by atomic mass is 10.1. The lowest BCUT2D eigenvalue weighted by Crippen LogP contribution is -2.39. The Hall–Kier alpha value is -0.580. The Morgan fingerprint density at radius 2 is 1.96 bits per heavy atom. The van der Waals surface area contributed by atoms with Gasteiger partial charge in [0.2, 0.25) is 0 Å². The van der Waals surface area contributed by atoms with Crippen LogP contribution in [0.5, 0.6) is 0 Å². The minimum absolute atomic E-state index is 0. The van der Waals surface area contributed by atoms with E-state index < -0.39 is 0 Å². The van der Waals surface area contributed by atoms with Gasteiger partial charge in [0.25, 0.3) is 0 Å². The summed E-state index contributed by atoms with van der Waals surface area (Å²) in [6.45, 7) is 8.71. The van der Waals surface area contributed by atoms with Crippen LogP contribution in [0.25, 0.3) is 0 Å². The maximum Gasteiger partial charge on any atom is 0.188 e. The second-order valence-corrected chi connectivity index (χ2v) is 7.95. The van der Waals surface area contributed by atoms with Gasteiger partial charge < -0.3 is 20.7 Å². The molecule has 3 N–H and O–H groups in total. The average Bonchev–Trinajstić information content (AvgIpc) is 3.14. The number of benzene rings is 1. The number of nitrogens with zero attached hydrogens (tertiary/aromatic N) is 3. The van der Waals surface area contributed by atoms with Crippen LogP contribution < -0.4 is 16.0 Å². The third-order valence-electron chi connectivity index (χ3n) is 5.06. The van der Waals surface area contributed by atoms with Crippen molar-refractivity contribution in [2.45, 2.75) is 12.8 Å². The monoisotopic (exact) mass is 551 g/mol. The van der Waals surface area contributed by atoms with E-state index >= 15 is 0 Å². The number of nitrogens with two attached hydrogens (primary N) is 1. The van der Waals surface area contributed by atoms with Crippen molar-refractivity contribution in [3.8, 4) is 0 Å². The molecule has 152 valence electrons. The van der Waals surface area contributed by atoms with E-state index in [2.05, 4.69) is 60.3 Å². The molecular weight excluding hydrogens is 521 g/mol. The highest BCUT2D eigenvalue weighted by Gasteiger charge is 2.22. The Kier molecular flexibility index (Phi) is 10.2. The summed E-state index contributed by atoms with van der Waals surface area (Å²) in [6.07, 6.45) is 2.25. The summed E-state index contributed by atoms with van der Waals surface area (Å²) in [4.78, 5) is 9.42. The molecule has 0 radical (unpaired) electrons. The van der Waals surface area contributed by atoms with Crippen molar-refractivity contribution in [2.75, 3.05) is 63.9 Å². The third kappa shape index (κ3) is 7.75. The second-order valence-electron chi connectivity index (χ2n) is 7.04. The molecular formula is C19H31BrIN5O. The first kappa shape index (κ1) is 22.7. The molecule has 0 aliphatic carbocycles. The SMILES string of the molecule is I.NC(=NCC1CCN(c2ccc(Br)cc2)C1)NCCCN1CCOCC1. The van der Waals surface area contributed by atoms with Gasteiger partial charge in [-0.05, 0) is 49.6 Å². The molecule has 0 aromatic heterocycles. The van der Waals surface area contributed by atoms with Crippen molar-refractivity contribution >= 4 is 51.6 Å². The van der Waals surface area contributed by atoms with Crippen LogP contribution in [0.2, 0.25) is 0 Å². The quantitative estimate of drug-likeness (QED) is 0.236. The molecule has 2 saturated heterocycles. The molecule has 2 aliphatic rings. The highest BCUT2D eigenvalue weighted by Crippen LogP contribution is 2.25. The van der Waals surface area contributed by atoms with Crippen molar-refractivity contribution in [3.05, 3.63) is 28.7 Å². The average molecular weight is 552 g/mol. The number of anilines is 1. The molecule has 3 rings (SSSR count). The molecule has 8 heteroatoms. The van der Waals surface area contributed by atoms with Crippen molar-refractivity contribution in [3.63, 3.8) is 0 Å². The molecule has 1 atom stereocenters. The van der Waals surface area contributed by atoms with Gasteiger partial charge in [-0.15, -0.1) is 24.0 Å². The molecule has 0 saturated carbocycles. The predicted molar refractivity (Wildman–Crippen MR) is 126 cm³/mol. The van der Waals surface area contributed by atoms with E-state index in [1.165, 1.54) is 12.1 Å². The lowest BCUT2D eigenvalue weighted by molar-refractivity contribution is 0.0376. The summed E-state index contributed by atoms with van der Waals surface area (Å²) >= 11 is 3.49. The minimum atomic E-state index is 0. The third-order valence-corrected chi connectivity index (χ3v) is 5.59. The largest absolute Gasteiger partial charge is 0.379 e. The maximum atomic E-state index is 6.02. The molecule has 0 bridgehead atoms. The zero-order valence-corrected chi connectivity index (χ0v) is 19.7. The molecule has 2 heterocycles. The highest BCUT2D eigenvalue weighted by molar-refractivity contribution is 14.0. The molecule has 1 unspecified atom stereocenters. The summed E-state index contributed by atoms with van der Waals surface area (Å²) < 4.78 is 6.48. The summed E-state index contributed by atoms with van der Waals surface area (Å²) in [7, 11) is 0. The maximum absolute atomic E-state index is 6.02. The Bertz CT molecular complexity index is 580. The van der Waals surface area contributed by atoms with E-state index in [4.69, 9.17) is 10.5 Å².